The van der Waals surface area contributed by atoms with E-state index < -0.39 is 85.9 Å². The molecule has 326 valence electrons. The summed E-state index contributed by atoms with van der Waals surface area (Å²) in [5.74, 6) is -2.83. The zero-order chi connectivity index (χ0) is 43.3. The van der Waals surface area contributed by atoms with E-state index in [1.807, 2.05) is 13.8 Å². The van der Waals surface area contributed by atoms with Crippen LogP contribution in [0.3, 0.4) is 0 Å². The molecule has 1 aromatic heterocycles. The molecule has 15 nitrogen and oxygen atoms in total. The zero-order valence-corrected chi connectivity index (χ0v) is 35.3. The molecule has 59 heavy (non-hydrogen) atoms. The molecule has 8 atom stereocenters. The predicted molar refractivity (Wildman–Crippen MR) is 208 cm³/mol. The number of carbonyl (C=O) groups excluding carboxylic acids is 4. The van der Waals surface area contributed by atoms with Gasteiger partial charge in [0.15, 0.2) is 0 Å². The number of nitrogens with one attached hydrogen (secondary N) is 3. The fourth-order valence-corrected chi connectivity index (χ4v) is 9.71. The highest BCUT2D eigenvalue weighted by atomic mass is 32.2. The smallest absolute Gasteiger partial charge is 0.427 e. The van der Waals surface area contributed by atoms with Crippen molar-refractivity contribution in [2.24, 2.45) is 23.7 Å². The average molecular weight is 853 g/mol. The number of halogens is 3. The first-order chi connectivity index (χ1) is 27.5. The van der Waals surface area contributed by atoms with Crippen molar-refractivity contribution in [3.05, 3.63) is 24.4 Å². The highest BCUT2D eigenvalue weighted by Gasteiger charge is 2.65. The van der Waals surface area contributed by atoms with Crippen molar-refractivity contribution < 1.29 is 55.0 Å². The number of hydrogen-bond acceptors (Lipinski definition) is 11. The van der Waals surface area contributed by atoms with E-state index in [1.165, 1.54) is 18.2 Å². The van der Waals surface area contributed by atoms with E-state index in [4.69, 9.17) is 14.2 Å². The van der Waals surface area contributed by atoms with Gasteiger partial charge in [-0.05, 0) is 82.3 Å². The Kier molecular flexibility index (Phi) is 12.1. The summed E-state index contributed by atoms with van der Waals surface area (Å²) in [7, 11) is -2.57. The van der Waals surface area contributed by atoms with E-state index >= 15 is 0 Å². The third-order valence-electron chi connectivity index (χ3n) is 12.8. The second-order valence-electron chi connectivity index (χ2n) is 17.6. The summed E-state index contributed by atoms with van der Waals surface area (Å²) in [5, 5.41) is 5.31. The van der Waals surface area contributed by atoms with Gasteiger partial charge >= 0.3 is 12.3 Å². The van der Waals surface area contributed by atoms with Crippen molar-refractivity contribution in [3.8, 4) is 11.6 Å². The fraction of sp³-hybridized carbons (Fsp3) is 0.700. The molecule has 6 rings (SSSR count). The molecule has 3 heterocycles. The lowest BCUT2D eigenvalue weighted by Gasteiger charge is -2.35. The summed E-state index contributed by atoms with van der Waals surface area (Å²) in [6, 6.07) is 2.37. The highest BCUT2D eigenvalue weighted by Crippen LogP contribution is 2.51. The Morgan fingerprint density at radius 1 is 1.08 bits per heavy atom. The maximum Gasteiger partial charge on any atom is 0.427 e. The van der Waals surface area contributed by atoms with E-state index in [0.29, 0.717) is 75.6 Å². The molecule has 4 aliphatic rings. The number of fused-ring (bicyclic) bond motifs is 3. The van der Waals surface area contributed by atoms with Crippen LogP contribution < -0.4 is 24.8 Å². The van der Waals surface area contributed by atoms with Gasteiger partial charge in [-0.25, -0.2) is 23.2 Å². The lowest BCUT2D eigenvalue weighted by atomic mass is 9.84. The number of nitrogens with zero attached hydrogens (tertiary/aromatic N) is 3. The van der Waals surface area contributed by atoms with Crippen molar-refractivity contribution in [2.75, 3.05) is 13.7 Å². The lowest BCUT2D eigenvalue weighted by Crippen LogP contribution is -2.60. The van der Waals surface area contributed by atoms with Crippen LogP contribution in [0.1, 0.15) is 99.3 Å². The third kappa shape index (κ3) is 9.18. The van der Waals surface area contributed by atoms with Gasteiger partial charge in [0.25, 0.3) is 5.91 Å². The Bertz CT molecular complexity index is 2070. The first-order valence-corrected chi connectivity index (χ1v) is 21.7. The zero-order valence-electron chi connectivity index (χ0n) is 34.5. The number of methoxy groups -OCH3 is 1. The number of sulfonamides is 1. The molecule has 0 spiro atoms. The van der Waals surface area contributed by atoms with Crippen molar-refractivity contribution in [1.82, 2.24) is 30.2 Å². The van der Waals surface area contributed by atoms with Gasteiger partial charge in [-0.2, -0.15) is 13.2 Å². The SMILES string of the molecule is CC[C@@H]1C[C@H](C)CCCC(C)[C@@H]2C[C@@]2(C(=O)NS(=O)(=O)C2(C)CC2)NC(=O)[C@@H]2C[C@@H](Oc3cnc4ccc(OC)cc4n3)CN2C(=O)[C@H]1NC(=O)OC(C)(C)C(F)(F)F. The highest BCUT2D eigenvalue weighted by molar-refractivity contribution is 7.91. The molecule has 2 saturated heterocycles. The van der Waals surface area contributed by atoms with Crippen molar-refractivity contribution in [3.63, 3.8) is 0 Å². The number of carbonyl (C=O) groups is 4. The molecule has 4 fully saturated rings. The monoisotopic (exact) mass is 852 g/mol. The van der Waals surface area contributed by atoms with Gasteiger partial charge in [-0.15, -0.1) is 0 Å². The number of benzene rings is 1. The van der Waals surface area contributed by atoms with Crippen LogP contribution in [0.2, 0.25) is 0 Å². The van der Waals surface area contributed by atoms with Crippen LogP contribution in [0.4, 0.5) is 18.0 Å². The lowest BCUT2D eigenvalue weighted by molar-refractivity contribution is -0.244. The Morgan fingerprint density at radius 3 is 2.44 bits per heavy atom. The number of hydrogen-bond donors (Lipinski definition) is 3. The summed E-state index contributed by atoms with van der Waals surface area (Å²) in [6.45, 7) is 8.50. The molecule has 2 saturated carbocycles. The predicted octanol–water partition coefficient (Wildman–Crippen LogP) is 5.17. The number of amides is 4. The van der Waals surface area contributed by atoms with E-state index in [-0.39, 0.29) is 37.1 Å². The minimum atomic E-state index is -4.91. The van der Waals surface area contributed by atoms with Crippen molar-refractivity contribution in [2.45, 2.75) is 140 Å². The topological polar surface area (TPSA) is 195 Å². The maximum absolute atomic E-state index is 14.9. The molecule has 0 radical (unpaired) electrons. The number of alkyl halides is 3. The Labute approximate surface area is 342 Å². The van der Waals surface area contributed by atoms with E-state index in [0.717, 1.165) is 0 Å². The maximum atomic E-state index is 14.9. The molecule has 0 bridgehead atoms. The van der Waals surface area contributed by atoms with Crippen molar-refractivity contribution in [1.29, 1.82) is 0 Å². The van der Waals surface area contributed by atoms with Crippen LogP contribution in [0.5, 0.6) is 11.6 Å². The van der Waals surface area contributed by atoms with E-state index in [9.17, 15) is 40.8 Å². The van der Waals surface area contributed by atoms with Gasteiger partial charge in [-0.1, -0.05) is 46.5 Å². The first-order valence-electron chi connectivity index (χ1n) is 20.3. The van der Waals surface area contributed by atoms with Gasteiger partial charge in [0.1, 0.15) is 29.5 Å². The Balaban J connectivity index is 1.36. The first kappa shape index (κ1) is 44.1. The van der Waals surface area contributed by atoms with Gasteiger partial charge in [-0.3, -0.25) is 19.1 Å². The summed E-state index contributed by atoms with van der Waals surface area (Å²) >= 11 is 0. The fourth-order valence-electron chi connectivity index (χ4n) is 8.39. The number of ether oxygens (including phenoxy) is 3. The molecule has 3 N–H and O–H groups in total. The molecule has 1 unspecified atom stereocenters. The molecule has 19 heteroatoms. The standard InChI is InChI=1S/C40H55F3N6O9S/c1-8-24-16-22(2)10-9-11-23(3)27-19-39(27,35(52)48-59(54,55)38(6)14-15-38)47-33(50)30-18-26(57-31-20-44-28-13-12-25(56-7)17-29(28)45-31)21-49(30)34(51)32(24)46-36(53)58-37(4,5)40(41,42)43/h12-13,17,20,22-24,26-27,30,32H,8-11,14-16,18-19,21H2,1-7H3,(H,46,53)(H,47,50)(H,48,52)/t22-,23?,24-,26-,27+,30+,32+,39-/m1/s1. The van der Waals surface area contributed by atoms with Gasteiger partial charge < -0.3 is 29.7 Å². The second-order valence-corrected chi connectivity index (χ2v) is 19.8. The van der Waals surface area contributed by atoms with Crippen LogP contribution >= 0.6 is 0 Å². The Hall–Kier alpha value is -4.42. The molecular weight excluding hydrogens is 798 g/mol. The molecule has 2 aliphatic heterocycles. The number of alkyl carbamates (subject to hydrolysis) is 1. The van der Waals surface area contributed by atoms with Crippen LogP contribution in [-0.2, 0) is 29.1 Å². The van der Waals surface area contributed by atoms with Crippen molar-refractivity contribution >= 4 is 44.9 Å². The van der Waals surface area contributed by atoms with Crippen LogP contribution in [0.15, 0.2) is 24.4 Å². The average Bonchev–Trinajstić information content (AvgIpc) is 4.05. The molecular formula is C40H55F3N6O9S. The minimum absolute atomic E-state index is 0.00372. The normalized spacial score (nSPS) is 30.1. The van der Waals surface area contributed by atoms with E-state index in [2.05, 4.69) is 25.3 Å². The van der Waals surface area contributed by atoms with Gasteiger partial charge in [0, 0.05) is 12.5 Å². The molecule has 4 amide bonds. The second kappa shape index (κ2) is 16.2. The molecule has 2 aliphatic carbocycles. The van der Waals surface area contributed by atoms with E-state index in [1.54, 1.807) is 32.0 Å². The summed E-state index contributed by atoms with van der Waals surface area (Å²) < 4.78 is 85.5. The summed E-state index contributed by atoms with van der Waals surface area (Å²) in [5.41, 5.74) is -3.47. The van der Waals surface area contributed by atoms with Gasteiger partial charge in [0.2, 0.25) is 33.3 Å². The number of aromatic nitrogens is 2. The number of rotatable bonds is 9. The molecule has 2 aromatic rings. The third-order valence-corrected chi connectivity index (χ3v) is 14.9. The minimum Gasteiger partial charge on any atom is -0.497 e. The molecule has 1 aromatic carbocycles. The van der Waals surface area contributed by atoms with Crippen LogP contribution in [0.25, 0.3) is 11.0 Å². The summed E-state index contributed by atoms with van der Waals surface area (Å²) in [6.07, 6.45) is -2.21. The van der Waals surface area contributed by atoms with Crippen LogP contribution in [-0.4, -0.2) is 101 Å². The quantitative estimate of drug-likeness (QED) is 0.301. The largest absolute Gasteiger partial charge is 0.497 e. The Morgan fingerprint density at radius 2 is 1.80 bits per heavy atom. The summed E-state index contributed by atoms with van der Waals surface area (Å²) in [4.78, 5) is 67.0. The van der Waals surface area contributed by atoms with Gasteiger partial charge in [0.05, 0.1) is 35.6 Å². The van der Waals surface area contributed by atoms with Crippen LogP contribution in [0, 0.1) is 23.7 Å².